The normalized spacial score (nSPS) is 12.6. The fourth-order valence-corrected chi connectivity index (χ4v) is 2.67. The van der Waals surface area contributed by atoms with E-state index in [-0.39, 0.29) is 27.9 Å². The zero-order chi connectivity index (χ0) is 23.9. The van der Waals surface area contributed by atoms with Gasteiger partial charge in [-0.2, -0.15) is 30.7 Å². The summed E-state index contributed by atoms with van der Waals surface area (Å²) in [4.78, 5) is 25.4. The van der Waals surface area contributed by atoms with Gasteiger partial charge in [-0.25, -0.2) is 9.37 Å². The van der Waals surface area contributed by atoms with Crippen molar-refractivity contribution in [1.82, 2.24) is 4.98 Å². The van der Waals surface area contributed by atoms with Gasteiger partial charge in [0.15, 0.2) is 11.6 Å². The maximum atomic E-state index is 14.1. The number of carbonyl (C=O) groups is 1. The number of benzene rings is 1. The molecule has 1 N–H and O–H groups in total. The summed E-state index contributed by atoms with van der Waals surface area (Å²) >= 11 is 2.99. The highest BCUT2D eigenvalue weighted by Gasteiger charge is 2.73. The molecule has 1 aromatic heterocycles. The van der Waals surface area contributed by atoms with Crippen LogP contribution in [-0.2, 0) is 5.92 Å². The van der Waals surface area contributed by atoms with Crippen molar-refractivity contribution < 1.29 is 44.8 Å². The van der Waals surface area contributed by atoms with Crippen LogP contribution in [0.3, 0.4) is 0 Å². The average Bonchev–Trinajstić information content (AvgIpc) is 2.63. The van der Waals surface area contributed by atoms with Gasteiger partial charge in [-0.1, -0.05) is 0 Å². The number of rotatable bonds is 5. The van der Waals surface area contributed by atoms with Crippen LogP contribution < -0.4 is 5.32 Å². The average molecular weight is 522 g/mol. The van der Waals surface area contributed by atoms with Crippen molar-refractivity contribution in [3.05, 3.63) is 61.5 Å². The molecule has 0 saturated heterocycles. The number of hydrogen-bond donors (Lipinski definition) is 1. The summed E-state index contributed by atoms with van der Waals surface area (Å²) in [5.74, 6) is -16.5. The maximum Gasteiger partial charge on any atom is 0.460 e. The van der Waals surface area contributed by atoms with Crippen molar-refractivity contribution >= 4 is 33.3 Å². The first-order chi connectivity index (χ1) is 14.0. The Morgan fingerprint density at radius 3 is 2.19 bits per heavy atom. The fourth-order valence-electron chi connectivity index (χ4n) is 2.26. The summed E-state index contributed by atoms with van der Waals surface area (Å²) in [5.41, 5.74) is -2.75. The van der Waals surface area contributed by atoms with Crippen LogP contribution in [0.15, 0.2) is 28.9 Å². The molecule has 0 unspecified atom stereocenters. The van der Waals surface area contributed by atoms with E-state index in [1.807, 2.05) is 0 Å². The molecule has 1 amide bonds. The number of hydrogen-bond acceptors (Lipinski definition) is 4. The van der Waals surface area contributed by atoms with Crippen LogP contribution in [0.5, 0.6) is 0 Å². The summed E-state index contributed by atoms with van der Waals surface area (Å²) in [6.45, 7) is 1.39. The zero-order valence-corrected chi connectivity index (χ0v) is 16.4. The van der Waals surface area contributed by atoms with Gasteiger partial charge < -0.3 is 5.32 Å². The Kier molecular flexibility index (Phi) is 6.32. The van der Waals surface area contributed by atoms with Crippen LogP contribution in [0, 0.1) is 22.9 Å². The molecule has 0 atom stereocenters. The van der Waals surface area contributed by atoms with Crippen LogP contribution >= 0.6 is 15.9 Å². The van der Waals surface area contributed by atoms with Crippen LogP contribution in [0.25, 0.3) is 0 Å². The molecule has 0 saturated carbocycles. The first kappa shape index (κ1) is 24.4. The molecule has 0 aliphatic heterocycles. The Morgan fingerprint density at radius 1 is 1.13 bits per heavy atom. The number of halogens is 9. The lowest BCUT2D eigenvalue weighted by molar-refractivity contribution is -0.384. The van der Waals surface area contributed by atoms with Crippen LogP contribution in [0.4, 0.5) is 46.6 Å². The van der Waals surface area contributed by atoms with E-state index in [0.717, 1.165) is 12.1 Å². The molecule has 0 fully saturated rings. The number of aromatic nitrogens is 1. The molecule has 0 aliphatic rings. The Balaban J connectivity index is 2.40. The second-order valence-electron chi connectivity index (χ2n) is 6.04. The quantitative estimate of drug-likeness (QED) is 0.309. The smallest absolute Gasteiger partial charge is 0.304 e. The van der Waals surface area contributed by atoms with E-state index < -0.39 is 51.7 Å². The number of aryl methyl sites for hydroxylation is 1. The molecular weight excluding hydrogens is 514 g/mol. The second-order valence-corrected chi connectivity index (χ2v) is 6.83. The number of carbonyl (C=O) groups excluding carboxylic acids is 1. The Bertz CT molecular complexity index is 1060. The number of nitro benzene ring substituents is 1. The maximum absolute atomic E-state index is 14.1. The number of anilines is 1. The van der Waals surface area contributed by atoms with Crippen molar-refractivity contribution in [2.45, 2.75) is 24.9 Å². The molecule has 0 aliphatic carbocycles. The van der Waals surface area contributed by atoms with Gasteiger partial charge >= 0.3 is 18.0 Å². The second kappa shape index (κ2) is 8.01. The molecule has 0 spiro atoms. The number of nitro groups is 1. The number of alkyl halides is 7. The highest BCUT2D eigenvalue weighted by molar-refractivity contribution is 9.10. The van der Waals surface area contributed by atoms with Crippen molar-refractivity contribution in [3.8, 4) is 0 Å². The van der Waals surface area contributed by atoms with Gasteiger partial charge in [0.25, 0.3) is 11.6 Å². The van der Waals surface area contributed by atoms with Crippen molar-refractivity contribution in [3.63, 3.8) is 0 Å². The molecule has 0 radical (unpaired) electrons. The fraction of sp³-hybridized carbons (Fsp3) is 0.250. The van der Waals surface area contributed by atoms with Gasteiger partial charge in [0.2, 0.25) is 0 Å². The van der Waals surface area contributed by atoms with E-state index in [1.165, 1.54) is 6.92 Å². The third-order valence-electron chi connectivity index (χ3n) is 3.88. The Hall–Kier alpha value is -2.84. The lowest BCUT2D eigenvalue weighted by atomic mass is 10.0. The third kappa shape index (κ3) is 4.45. The molecule has 168 valence electrons. The van der Waals surface area contributed by atoms with E-state index >= 15 is 0 Å². The minimum Gasteiger partial charge on any atom is -0.304 e. The van der Waals surface area contributed by atoms with E-state index in [0.29, 0.717) is 0 Å². The van der Waals surface area contributed by atoms with Crippen LogP contribution in [0.1, 0.15) is 21.5 Å². The molecule has 2 rings (SSSR count). The first-order valence-electron chi connectivity index (χ1n) is 7.75. The van der Waals surface area contributed by atoms with E-state index in [9.17, 15) is 50.0 Å². The molecule has 0 bridgehead atoms. The number of nitrogens with zero attached hydrogens (tertiary/aromatic N) is 2. The molecule has 2 aromatic rings. The molecule has 6 nitrogen and oxygen atoms in total. The molecule has 1 aromatic carbocycles. The summed E-state index contributed by atoms with van der Waals surface area (Å²) in [6.07, 6.45) is -6.79. The Morgan fingerprint density at radius 2 is 1.71 bits per heavy atom. The molecule has 15 heteroatoms. The number of pyridine rings is 1. The summed E-state index contributed by atoms with van der Waals surface area (Å²) in [7, 11) is 0. The predicted molar refractivity (Wildman–Crippen MR) is 92.6 cm³/mol. The highest BCUT2D eigenvalue weighted by Crippen LogP contribution is 2.51. The summed E-state index contributed by atoms with van der Waals surface area (Å²) < 4.78 is 104. The minimum atomic E-state index is -6.63. The number of nitrogens with one attached hydrogen (secondary N) is 1. The highest BCUT2D eigenvalue weighted by atomic mass is 79.9. The molecular formula is C16H8BrF8N3O3. The van der Waals surface area contributed by atoms with E-state index in [1.54, 1.807) is 5.32 Å². The molecule has 31 heavy (non-hydrogen) atoms. The van der Waals surface area contributed by atoms with Crippen LogP contribution in [-0.4, -0.2) is 27.9 Å². The SMILES string of the molecule is Cc1cc([N+](=O)[O-])cc(C(=O)Nc2ncc(C(F)(F)C(F)(F)C(F)(F)F)cc2F)c1Br. The summed E-state index contributed by atoms with van der Waals surface area (Å²) in [6, 6.07) is 1.57. The minimum absolute atomic E-state index is 0.0592. The zero-order valence-electron chi connectivity index (χ0n) is 14.8. The lowest BCUT2D eigenvalue weighted by Crippen LogP contribution is -2.50. The first-order valence-corrected chi connectivity index (χ1v) is 8.54. The van der Waals surface area contributed by atoms with Crippen molar-refractivity contribution in [2.75, 3.05) is 5.32 Å². The monoisotopic (exact) mass is 521 g/mol. The standard InChI is InChI=1S/C16H8BrF8N3O3/c1-6-2-8(28(30)31)4-9(11(6)17)13(29)27-12-10(18)3-7(5-26-12)14(19,20)15(21,22)16(23,24)25/h2-5H,1H3,(H,26,27,29). The largest absolute Gasteiger partial charge is 0.460 e. The van der Waals surface area contributed by atoms with Gasteiger partial charge in [0.05, 0.1) is 10.5 Å². The van der Waals surface area contributed by atoms with Gasteiger partial charge in [-0.15, -0.1) is 0 Å². The number of amides is 1. The van der Waals surface area contributed by atoms with Gasteiger partial charge in [0.1, 0.15) is 0 Å². The summed E-state index contributed by atoms with van der Waals surface area (Å²) in [5, 5.41) is 12.7. The van der Waals surface area contributed by atoms with Crippen molar-refractivity contribution in [1.29, 1.82) is 0 Å². The Labute approximate surface area is 175 Å². The van der Waals surface area contributed by atoms with Crippen molar-refractivity contribution in [2.24, 2.45) is 0 Å². The van der Waals surface area contributed by atoms with Gasteiger partial charge in [-0.3, -0.25) is 14.9 Å². The van der Waals surface area contributed by atoms with E-state index in [2.05, 4.69) is 20.9 Å². The topological polar surface area (TPSA) is 85.1 Å². The van der Waals surface area contributed by atoms with Crippen LogP contribution in [0.2, 0.25) is 0 Å². The third-order valence-corrected chi connectivity index (χ3v) is 4.93. The van der Waals surface area contributed by atoms with Gasteiger partial charge in [0, 0.05) is 28.4 Å². The van der Waals surface area contributed by atoms with Gasteiger partial charge in [-0.05, 0) is 34.5 Å². The lowest BCUT2D eigenvalue weighted by Gasteiger charge is -2.28. The predicted octanol–water partition coefficient (Wildman–Crippen LogP) is 5.74. The number of non-ortho nitro benzene ring substituents is 1. The molecule has 1 heterocycles. The van der Waals surface area contributed by atoms with E-state index in [4.69, 9.17) is 0 Å².